The lowest BCUT2D eigenvalue weighted by Gasteiger charge is -2.17. The summed E-state index contributed by atoms with van der Waals surface area (Å²) in [5.41, 5.74) is -0.0931. The van der Waals surface area contributed by atoms with E-state index in [1.54, 1.807) is 6.92 Å². The minimum Gasteiger partial charge on any atom is -0.464 e. The highest BCUT2D eigenvalue weighted by Gasteiger charge is 2.22. The number of rotatable bonds is 4. The largest absolute Gasteiger partial charge is 0.464 e. The summed E-state index contributed by atoms with van der Waals surface area (Å²) in [7, 11) is 3.05. The molecule has 0 aliphatic heterocycles. The van der Waals surface area contributed by atoms with Crippen molar-refractivity contribution < 1.29 is 23.4 Å². The van der Waals surface area contributed by atoms with E-state index in [9.17, 15) is 18.7 Å². The zero-order valence-electron chi connectivity index (χ0n) is 10.4. The Bertz CT molecular complexity index is 449. The van der Waals surface area contributed by atoms with Gasteiger partial charge in [-0.3, -0.25) is 0 Å². The van der Waals surface area contributed by atoms with E-state index in [1.807, 2.05) is 0 Å². The predicted octanol–water partition coefficient (Wildman–Crippen LogP) is 1.63. The quantitative estimate of drug-likeness (QED) is 0.835. The van der Waals surface area contributed by atoms with Crippen molar-refractivity contribution >= 4 is 11.7 Å². The van der Waals surface area contributed by atoms with Gasteiger partial charge < -0.3 is 14.7 Å². The lowest BCUT2D eigenvalue weighted by molar-refractivity contribution is -0.153. The Balaban J connectivity index is 3.14. The molecule has 0 saturated heterocycles. The molecule has 0 aliphatic rings. The first-order valence-electron chi connectivity index (χ1n) is 5.39. The van der Waals surface area contributed by atoms with Crippen LogP contribution >= 0.6 is 0 Å². The zero-order valence-corrected chi connectivity index (χ0v) is 10.4. The second-order valence-electron chi connectivity index (χ2n) is 3.88. The minimum absolute atomic E-state index is 0.0453. The number of anilines is 1. The number of hydrogen-bond donors (Lipinski definition) is 1. The number of carbonyl (C=O) groups excluding carboxylic acids is 1. The van der Waals surface area contributed by atoms with Crippen LogP contribution in [0.3, 0.4) is 0 Å². The van der Waals surface area contributed by atoms with E-state index in [-0.39, 0.29) is 17.9 Å². The number of esters is 1. The van der Waals surface area contributed by atoms with Gasteiger partial charge in [0.15, 0.2) is 17.7 Å². The van der Waals surface area contributed by atoms with Crippen LogP contribution in [-0.4, -0.2) is 31.8 Å². The van der Waals surface area contributed by atoms with Gasteiger partial charge in [-0.15, -0.1) is 0 Å². The number of aliphatic hydroxyl groups is 1. The molecular weight excluding hydrogens is 244 g/mol. The summed E-state index contributed by atoms with van der Waals surface area (Å²) < 4.78 is 31.4. The van der Waals surface area contributed by atoms with E-state index in [0.29, 0.717) is 0 Å². The lowest BCUT2D eigenvalue weighted by atomic mass is 10.1. The molecule has 0 amide bonds. The molecular formula is C12H15F2NO3. The van der Waals surface area contributed by atoms with Crippen molar-refractivity contribution in [2.75, 3.05) is 25.6 Å². The van der Waals surface area contributed by atoms with Crippen LogP contribution in [0.5, 0.6) is 0 Å². The monoisotopic (exact) mass is 259 g/mol. The first kappa shape index (κ1) is 14.4. The van der Waals surface area contributed by atoms with Crippen LogP contribution in [0.2, 0.25) is 0 Å². The number of ether oxygens (including phenoxy) is 1. The third-order valence-electron chi connectivity index (χ3n) is 2.34. The molecule has 1 N–H and O–H groups in total. The highest BCUT2D eigenvalue weighted by atomic mass is 19.2. The van der Waals surface area contributed by atoms with E-state index in [1.165, 1.54) is 25.1 Å². The van der Waals surface area contributed by atoms with Gasteiger partial charge in [-0.1, -0.05) is 0 Å². The second-order valence-corrected chi connectivity index (χ2v) is 3.88. The minimum atomic E-state index is -1.63. The average molecular weight is 259 g/mol. The fourth-order valence-electron chi connectivity index (χ4n) is 1.44. The van der Waals surface area contributed by atoms with Gasteiger partial charge in [0.1, 0.15) is 0 Å². The van der Waals surface area contributed by atoms with Gasteiger partial charge in [0.05, 0.1) is 12.3 Å². The van der Waals surface area contributed by atoms with Crippen molar-refractivity contribution in [1.82, 2.24) is 0 Å². The molecule has 100 valence electrons. The summed E-state index contributed by atoms with van der Waals surface area (Å²) in [5.74, 6) is -3.05. The Labute approximate surface area is 104 Å². The molecule has 1 atom stereocenters. The van der Waals surface area contributed by atoms with Gasteiger partial charge in [-0.05, 0) is 24.6 Å². The SMILES string of the molecule is CCOC(=O)C(O)c1cc(F)c(F)c(N(C)C)c1. The van der Waals surface area contributed by atoms with Crippen molar-refractivity contribution in [2.24, 2.45) is 0 Å². The Morgan fingerprint density at radius 1 is 1.44 bits per heavy atom. The van der Waals surface area contributed by atoms with Gasteiger partial charge in [0.2, 0.25) is 0 Å². The predicted molar refractivity (Wildman–Crippen MR) is 62.3 cm³/mol. The maximum Gasteiger partial charge on any atom is 0.339 e. The van der Waals surface area contributed by atoms with Crippen LogP contribution in [0.25, 0.3) is 0 Å². The summed E-state index contributed by atoms with van der Waals surface area (Å²) in [5, 5.41) is 9.66. The first-order valence-corrected chi connectivity index (χ1v) is 5.39. The van der Waals surface area contributed by atoms with Crippen LogP contribution in [-0.2, 0) is 9.53 Å². The topological polar surface area (TPSA) is 49.8 Å². The van der Waals surface area contributed by atoms with Crippen LogP contribution in [0.4, 0.5) is 14.5 Å². The molecule has 1 aromatic carbocycles. The van der Waals surface area contributed by atoms with E-state index in [4.69, 9.17) is 0 Å². The molecule has 0 heterocycles. The fourth-order valence-corrected chi connectivity index (χ4v) is 1.44. The number of carbonyl (C=O) groups is 1. The zero-order chi connectivity index (χ0) is 13.9. The van der Waals surface area contributed by atoms with Gasteiger partial charge in [0.25, 0.3) is 0 Å². The van der Waals surface area contributed by atoms with Crippen LogP contribution in [0.15, 0.2) is 12.1 Å². The molecule has 0 aliphatic carbocycles. The van der Waals surface area contributed by atoms with E-state index in [2.05, 4.69) is 4.74 Å². The Kier molecular flexibility index (Phi) is 4.61. The van der Waals surface area contributed by atoms with Gasteiger partial charge in [0, 0.05) is 14.1 Å². The van der Waals surface area contributed by atoms with Crippen molar-refractivity contribution in [3.63, 3.8) is 0 Å². The molecule has 1 rings (SSSR count). The molecule has 0 bridgehead atoms. The molecule has 0 radical (unpaired) electrons. The third kappa shape index (κ3) is 2.95. The number of nitrogens with zero attached hydrogens (tertiary/aromatic N) is 1. The summed E-state index contributed by atoms with van der Waals surface area (Å²) in [6, 6.07) is 1.99. The molecule has 0 aromatic heterocycles. The van der Waals surface area contributed by atoms with E-state index >= 15 is 0 Å². The highest BCUT2D eigenvalue weighted by molar-refractivity contribution is 5.76. The van der Waals surface area contributed by atoms with Crippen molar-refractivity contribution in [3.05, 3.63) is 29.3 Å². The fraction of sp³-hybridized carbons (Fsp3) is 0.417. The second kappa shape index (κ2) is 5.77. The molecule has 18 heavy (non-hydrogen) atoms. The van der Waals surface area contributed by atoms with E-state index < -0.39 is 23.7 Å². The summed E-state index contributed by atoms with van der Waals surface area (Å²) in [6.45, 7) is 1.68. The Hall–Kier alpha value is -1.69. The van der Waals surface area contributed by atoms with Crippen molar-refractivity contribution in [1.29, 1.82) is 0 Å². The standard InChI is InChI=1S/C12H15F2NO3/c1-4-18-12(17)11(16)7-5-8(13)10(14)9(6-7)15(2)3/h5-6,11,16H,4H2,1-3H3. The maximum atomic E-state index is 13.4. The molecule has 1 aromatic rings. The Morgan fingerprint density at radius 2 is 2.06 bits per heavy atom. The van der Waals surface area contributed by atoms with Crippen LogP contribution < -0.4 is 4.90 Å². The van der Waals surface area contributed by atoms with Gasteiger partial charge in [-0.2, -0.15) is 0 Å². The van der Waals surface area contributed by atoms with Gasteiger partial charge >= 0.3 is 5.97 Å². The number of hydrogen-bond acceptors (Lipinski definition) is 4. The summed E-state index contributed by atoms with van der Waals surface area (Å²) >= 11 is 0. The third-order valence-corrected chi connectivity index (χ3v) is 2.34. The molecule has 6 heteroatoms. The lowest BCUT2D eigenvalue weighted by Crippen LogP contribution is -2.18. The maximum absolute atomic E-state index is 13.4. The normalized spacial score (nSPS) is 12.1. The van der Waals surface area contributed by atoms with Crippen molar-refractivity contribution in [2.45, 2.75) is 13.0 Å². The van der Waals surface area contributed by atoms with E-state index in [0.717, 1.165) is 6.07 Å². The first-order chi connectivity index (χ1) is 8.38. The number of aliphatic hydroxyl groups excluding tert-OH is 1. The summed E-state index contributed by atoms with van der Waals surface area (Å²) in [6.07, 6.45) is -1.63. The number of halogens is 2. The van der Waals surface area contributed by atoms with Crippen LogP contribution in [0.1, 0.15) is 18.6 Å². The molecule has 0 spiro atoms. The molecule has 1 unspecified atom stereocenters. The molecule has 4 nitrogen and oxygen atoms in total. The van der Waals surface area contributed by atoms with Crippen molar-refractivity contribution in [3.8, 4) is 0 Å². The summed E-state index contributed by atoms with van der Waals surface area (Å²) in [4.78, 5) is 12.7. The smallest absolute Gasteiger partial charge is 0.339 e. The molecule has 0 saturated carbocycles. The van der Waals surface area contributed by atoms with Gasteiger partial charge in [-0.25, -0.2) is 13.6 Å². The number of benzene rings is 1. The van der Waals surface area contributed by atoms with Crippen LogP contribution in [0, 0.1) is 11.6 Å². The molecule has 0 fully saturated rings. The highest BCUT2D eigenvalue weighted by Crippen LogP contribution is 2.26. The Morgan fingerprint density at radius 3 is 2.56 bits per heavy atom. The average Bonchev–Trinajstić information content (AvgIpc) is 2.31.